The Kier molecular flexibility index (Phi) is 2.20. The highest BCUT2D eigenvalue weighted by Crippen LogP contribution is 2.10. The monoisotopic (exact) mass is 189 g/mol. The number of nitrogens with one attached hydrogen (secondary N) is 1. The molecule has 6 heteroatoms. The van der Waals surface area contributed by atoms with Gasteiger partial charge in [0.25, 0.3) is 10.0 Å². The zero-order chi connectivity index (χ0) is 9.35. The van der Waals surface area contributed by atoms with Crippen LogP contribution in [0.25, 0.3) is 0 Å². The quantitative estimate of drug-likeness (QED) is 0.690. The van der Waals surface area contributed by atoms with Crippen LogP contribution in [-0.4, -0.2) is 25.2 Å². The third kappa shape index (κ3) is 1.49. The van der Waals surface area contributed by atoms with Gasteiger partial charge >= 0.3 is 0 Å². The highest BCUT2D eigenvalue weighted by atomic mass is 32.2. The van der Waals surface area contributed by atoms with E-state index in [1.54, 1.807) is 20.2 Å². The second-order valence-electron chi connectivity index (χ2n) is 2.50. The highest BCUT2D eigenvalue weighted by Gasteiger charge is 2.17. The molecule has 0 aliphatic heterocycles. The Hall–Kier alpha value is -0.880. The molecule has 12 heavy (non-hydrogen) atoms. The molecular weight excluding hydrogens is 178 g/mol. The SMILES string of the molecule is CNS(=O)(=O)c1nn(C)cc1C. The average Bonchev–Trinajstić information content (AvgIpc) is 2.31. The molecule has 0 saturated heterocycles. The maximum absolute atomic E-state index is 11.2. The van der Waals surface area contributed by atoms with Gasteiger partial charge in [0.05, 0.1) is 0 Å². The molecule has 0 radical (unpaired) electrons. The maximum atomic E-state index is 11.2. The number of aromatic nitrogens is 2. The molecule has 0 bridgehead atoms. The van der Waals surface area contributed by atoms with E-state index in [1.165, 1.54) is 11.7 Å². The first kappa shape index (κ1) is 9.21. The number of sulfonamides is 1. The number of hydrogen-bond donors (Lipinski definition) is 1. The van der Waals surface area contributed by atoms with E-state index >= 15 is 0 Å². The van der Waals surface area contributed by atoms with Gasteiger partial charge in [0, 0.05) is 18.8 Å². The molecular formula is C6H11N3O2S. The summed E-state index contributed by atoms with van der Waals surface area (Å²) in [5, 5.41) is 3.91. The first-order valence-electron chi connectivity index (χ1n) is 3.41. The Morgan fingerprint density at radius 3 is 2.50 bits per heavy atom. The van der Waals surface area contributed by atoms with Crippen molar-refractivity contribution in [2.24, 2.45) is 7.05 Å². The standard InChI is InChI=1S/C6H11N3O2S/c1-5-4-9(3)8-6(5)12(10,11)7-2/h4,7H,1-3H3. The molecule has 0 atom stereocenters. The molecule has 1 N–H and O–H groups in total. The van der Waals surface area contributed by atoms with Crippen molar-refractivity contribution in [1.82, 2.24) is 14.5 Å². The molecule has 0 fully saturated rings. The van der Waals surface area contributed by atoms with E-state index < -0.39 is 10.0 Å². The van der Waals surface area contributed by atoms with Gasteiger partial charge in [0.1, 0.15) is 0 Å². The molecule has 0 saturated carbocycles. The lowest BCUT2D eigenvalue weighted by Gasteiger charge is -1.97. The van der Waals surface area contributed by atoms with Gasteiger partial charge in [-0.2, -0.15) is 5.10 Å². The normalized spacial score (nSPS) is 11.9. The fraction of sp³-hybridized carbons (Fsp3) is 0.500. The Balaban J connectivity index is 3.29. The predicted molar refractivity (Wildman–Crippen MR) is 44.2 cm³/mol. The van der Waals surface area contributed by atoms with E-state index in [4.69, 9.17) is 0 Å². The summed E-state index contributed by atoms with van der Waals surface area (Å²) in [4.78, 5) is 0. The van der Waals surface area contributed by atoms with Crippen LogP contribution in [0.3, 0.4) is 0 Å². The van der Waals surface area contributed by atoms with E-state index in [-0.39, 0.29) is 5.03 Å². The molecule has 0 amide bonds. The molecule has 1 aromatic rings. The van der Waals surface area contributed by atoms with Crippen LogP contribution in [0.1, 0.15) is 5.56 Å². The van der Waals surface area contributed by atoms with Crippen molar-refractivity contribution >= 4 is 10.0 Å². The van der Waals surface area contributed by atoms with Crippen LogP contribution < -0.4 is 4.72 Å². The van der Waals surface area contributed by atoms with E-state index in [2.05, 4.69) is 9.82 Å². The fourth-order valence-electron chi connectivity index (χ4n) is 0.949. The van der Waals surface area contributed by atoms with Gasteiger partial charge in [-0.3, -0.25) is 4.68 Å². The van der Waals surface area contributed by atoms with Crippen LogP contribution in [0.4, 0.5) is 0 Å². The molecule has 0 aromatic carbocycles. The molecule has 0 spiro atoms. The lowest BCUT2D eigenvalue weighted by Crippen LogP contribution is -2.20. The zero-order valence-electron chi connectivity index (χ0n) is 7.20. The van der Waals surface area contributed by atoms with Crippen molar-refractivity contribution in [1.29, 1.82) is 0 Å². The number of aryl methyl sites for hydroxylation is 2. The van der Waals surface area contributed by atoms with E-state index in [1.807, 2.05) is 0 Å². The minimum atomic E-state index is -3.39. The van der Waals surface area contributed by atoms with Gasteiger partial charge in [-0.05, 0) is 14.0 Å². The minimum Gasteiger partial charge on any atom is -0.274 e. The number of rotatable bonds is 2. The first-order valence-corrected chi connectivity index (χ1v) is 4.89. The van der Waals surface area contributed by atoms with Gasteiger partial charge < -0.3 is 0 Å². The summed E-state index contributed by atoms with van der Waals surface area (Å²) in [5.74, 6) is 0. The summed E-state index contributed by atoms with van der Waals surface area (Å²) in [7, 11) is -0.343. The van der Waals surface area contributed by atoms with Gasteiger partial charge in [0.15, 0.2) is 5.03 Å². The van der Waals surface area contributed by atoms with Crippen molar-refractivity contribution in [3.63, 3.8) is 0 Å². The summed E-state index contributed by atoms with van der Waals surface area (Å²) in [5.41, 5.74) is 0.645. The third-order valence-electron chi connectivity index (χ3n) is 1.49. The van der Waals surface area contributed by atoms with Gasteiger partial charge in [0.2, 0.25) is 0 Å². The predicted octanol–water partition coefficient (Wildman–Crippen LogP) is -0.363. The molecule has 1 rings (SSSR count). The zero-order valence-corrected chi connectivity index (χ0v) is 8.01. The van der Waals surface area contributed by atoms with Crippen molar-refractivity contribution in [2.75, 3.05) is 7.05 Å². The summed E-state index contributed by atoms with van der Waals surface area (Å²) in [6.45, 7) is 1.71. The van der Waals surface area contributed by atoms with E-state index in [0.29, 0.717) is 5.56 Å². The van der Waals surface area contributed by atoms with Crippen LogP contribution in [0.15, 0.2) is 11.2 Å². The van der Waals surface area contributed by atoms with Gasteiger partial charge in [-0.1, -0.05) is 0 Å². The molecule has 0 aliphatic carbocycles. The second kappa shape index (κ2) is 2.87. The van der Waals surface area contributed by atoms with Crippen LogP contribution in [-0.2, 0) is 17.1 Å². The molecule has 1 heterocycles. The van der Waals surface area contributed by atoms with Crippen LogP contribution in [0.5, 0.6) is 0 Å². The van der Waals surface area contributed by atoms with E-state index in [9.17, 15) is 8.42 Å². The molecule has 68 valence electrons. The summed E-state index contributed by atoms with van der Waals surface area (Å²) in [6.07, 6.45) is 1.66. The molecule has 0 unspecified atom stereocenters. The topological polar surface area (TPSA) is 64.0 Å². The summed E-state index contributed by atoms with van der Waals surface area (Å²) < 4.78 is 26.2. The van der Waals surface area contributed by atoms with Crippen LogP contribution >= 0.6 is 0 Å². The largest absolute Gasteiger partial charge is 0.274 e. The van der Waals surface area contributed by atoms with Crippen molar-refractivity contribution < 1.29 is 8.42 Å². The van der Waals surface area contributed by atoms with E-state index in [0.717, 1.165) is 0 Å². The number of nitrogens with zero attached hydrogens (tertiary/aromatic N) is 2. The van der Waals surface area contributed by atoms with Gasteiger partial charge in [-0.15, -0.1) is 0 Å². The summed E-state index contributed by atoms with van der Waals surface area (Å²) >= 11 is 0. The molecule has 1 aromatic heterocycles. The van der Waals surface area contributed by atoms with Crippen molar-refractivity contribution in [3.05, 3.63) is 11.8 Å². The van der Waals surface area contributed by atoms with Gasteiger partial charge in [-0.25, -0.2) is 13.1 Å². The number of hydrogen-bond acceptors (Lipinski definition) is 3. The lowest BCUT2D eigenvalue weighted by atomic mass is 10.4. The lowest BCUT2D eigenvalue weighted by molar-refractivity contribution is 0.579. The third-order valence-corrected chi connectivity index (χ3v) is 2.94. The highest BCUT2D eigenvalue weighted by molar-refractivity contribution is 7.89. The van der Waals surface area contributed by atoms with Crippen molar-refractivity contribution in [3.8, 4) is 0 Å². The average molecular weight is 189 g/mol. The first-order chi connectivity index (χ1) is 5.47. The van der Waals surface area contributed by atoms with Crippen LogP contribution in [0.2, 0.25) is 0 Å². The molecule has 5 nitrogen and oxygen atoms in total. The van der Waals surface area contributed by atoms with Crippen LogP contribution in [0, 0.1) is 6.92 Å². The maximum Gasteiger partial charge on any atom is 0.259 e. The fourth-order valence-corrected chi connectivity index (χ4v) is 1.86. The Morgan fingerprint density at radius 2 is 2.17 bits per heavy atom. The molecule has 0 aliphatic rings. The second-order valence-corrected chi connectivity index (χ2v) is 4.30. The Morgan fingerprint density at radius 1 is 1.58 bits per heavy atom. The summed E-state index contributed by atoms with van der Waals surface area (Å²) in [6, 6.07) is 0. The smallest absolute Gasteiger partial charge is 0.259 e. The minimum absolute atomic E-state index is 0.0903. The Bertz CT molecular complexity index is 379. The Labute approximate surface area is 71.4 Å². The van der Waals surface area contributed by atoms with Crippen molar-refractivity contribution in [2.45, 2.75) is 11.9 Å².